The highest BCUT2D eigenvalue weighted by Gasteiger charge is 2.23. The van der Waals surface area contributed by atoms with Crippen LogP contribution in [-0.4, -0.2) is 34.8 Å². The van der Waals surface area contributed by atoms with E-state index in [4.69, 9.17) is 5.73 Å². The molecule has 0 spiro atoms. The van der Waals surface area contributed by atoms with Gasteiger partial charge in [0.1, 0.15) is 0 Å². The molecule has 1 aromatic heterocycles. The Morgan fingerprint density at radius 1 is 1.44 bits per heavy atom. The SMILES string of the molecule is CC(=O)N1CCCC(c2ccc(C(N)=O)cn2)C1. The van der Waals surface area contributed by atoms with Crippen molar-refractivity contribution >= 4 is 11.8 Å². The summed E-state index contributed by atoms with van der Waals surface area (Å²) in [6, 6.07) is 3.52. The van der Waals surface area contributed by atoms with E-state index in [1.807, 2.05) is 11.0 Å². The summed E-state index contributed by atoms with van der Waals surface area (Å²) >= 11 is 0. The average Bonchev–Trinajstić information content (AvgIpc) is 2.39. The Morgan fingerprint density at radius 3 is 2.78 bits per heavy atom. The Kier molecular flexibility index (Phi) is 3.60. The molecule has 2 N–H and O–H groups in total. The Bertz CT molecular complexity index is 456. The fourth-order valence-electron chi connectivity index (χ4n) is 2.30. The largest absolute Gasteiger partial charge is 0.366 e. The summed E-state index contributed by atoms with van der Waals surface area (Å²) in [5, 5.41) is 0. The van der Waals surface area contributed by atoms with E-state index in [1.165, 1.54) is 6.20 Å². The minimum atomic E-state index is -0.469. The van der Waals surface area contributed by atoms with Gasteiger partial charge >= 0.3 is 0 Å². The minimum absolute atomic E-state index is 0.105. The summed E-state index contributed by atoms with van der Waals surface area (Å²) in [5.74, 6) is -0.110. The second kappa shape index (κ2) is 5.16. The first-order valence-electron chi connectivity index (χ1n) is 6.09. The third-order valence-electron chi connectivity index (χ3n) is 3.36. The van der Waals surface area contributed by atoms with Crippen LogP contribution in [0.25, 0.3) is 0 Å². The number of aromatic nitrogens is 1. The zero-order valence-corrected chi connectivity index (χ0v) is 10.4. The van der Waals surface area contributed by atoms with Gasteiger partial charge < -0.3 is 10.6 Å². The van der Waals surface area contributed by atoms with Gasteiger partial charge in [-0.1, -0.05) is 0 Å². The van der Waals surface area contributed by atoms with E-state index < -0.39 is 5.91 Å². The monoisotopic (exact) mass is 247 g/mol. The van der Waals surface area contributed by atoms with Crippen molar-refractivity contribution in [3.8, 4) is 0 Å². The van der Waals surface area contributed by atoms with Crippen LogP contribution < -0.4 is 5.73 Å². The number of carbonyl (C=O) groups excluding carboxylic acids is 2. The van der Waals surface area contributed by atoms with E-state index in [1.54, 1.807) is 13.0 Å². The molecular weight excluding hydrogens is 230 g/mol. The molecule has 1 aliphatic rings. The van der Waals surface area contributed by atoms with Crippen LogP contribution in [0, 0.1) is 0 Å². The van der Waals surface area contributed by atoms with Gasteiger partial charge in [0.15, 0.2) is 0 Å². The second-order valence-electron chi connectivity index (χ2n) is 4.64. The molecule has 0 saturated carbocycles. The molecule has 2 amide bonds. The molecule has 0 radical (unpaired) electrons. The van der Waals surface area contributed by atoms with Crippen molar-refractivity contribution in [1.82, 2.24) is 9.88 Å². The molecule has 18 heavy (non-hydrogen) atoms. The lowest BCUT2D eigenvalue weighted by Gasteiger charge is -2.31. The highest BCUT2D eigenvalue weighted by atomic mass is 16.2. The maximum atomic E-state index is 11.4. The van der Waals surface area contributed by atoms with Crippen molar-refractivity contribution in [2.75, 3.05) is 13.1 Å². The molecule has 96 valence electrons. The molecule has 2 rings (SSSR count). The standard InChI is InChI=1S/C13H17N3O2/c1-9(17)16-6-2-3-11(8-16)12-5-4-10(7-15-12)13(14)18/h4-5,7,11H,2-3,6,8H2,1H3,(H2,14,18). The molecule has 1 aromatic rings. The minimum Gasteiger partial charge on any atom is -0.366 e. The van der Waals surface area contributed by atoms with Crippen LogP contribution in [0.5, 0.6) is 0 Å². The maximum Gasteiger partial charge on any atom is 0.250 e. The zero-order chi connectivity index (χ0) is 13.1. The second-order valence-corrected chi connectivity index (χ2v) is 4.64. The van der Waals surface area contributed by atoms with Gasteiger partial charge in [0.2, 0.25) is 11.8 Å². The molecule has 5 heteroatoms. The number of rotatable bonds is 2. The van der Waals surface area contributed by atoms with Crippen LogP contribution in [0.4, 0.5) is 0 Å². The Balaban J connectivity index is 2.11. The number of nitrogens with zero attached hydrogens (tertiary/aromatic N) is 2. The number of primary amides is 1. The van der Waals surface area contributed by atoms with Crippen LogP contribution >= 0.6 is 0 Å². The molecule has 5 nitrogen and oxygen atoms in total. The molecule has 2 heterocycles. The lowest BCUT2D eigenvalue weighted by molar-refractivity contribution is -0.130. The van der Waals surface area contributed by atoms with E-state index in [0.717, 1.165) is 25.1 Å². The highest BCUT2D eigenvalue weighted by Crippen LogP contribution is 2.25. The number of hydrogen-bond donors (Lipinski definition) is 1. The highest BCUT2D eigenvalue weighted by molar-refractivity contribution is 5.92. The molecule has 1 aliphatic heterocycles. The summed E-state index contributed by atoms with van der Waals surface area (Å²) in [6.45, 7) is 3.12. The van der Waals surface area contributed by atoms with E-state index in [9.17, 15) is 9.59 Å². The van der Waals surface area contributed by atoms with Gasteiger partial charge in [-0.3, -0.25) is 14.6 Å². The molecule has 0 aliphatic carbocycles. The normalized spacial score (nSPS) is 19.6. The van der Waals surface area contributed by atoms with E-state index >= 15 is 0 Å². The first kappa shape index (κ1) is 12.5. The van der Waals surface area contributed by atoms with Crippen LogP contribution in [0.3, 0.4) is 0 Å². The number of nitrogens with two attached hydrogens (primary N) is 1. The Morgan fingerprint density at radius 2 is 2.22 bits per heavy atom. The fourth-order valence-corrected chi connectivity index (χ4v) is 2.30. The van der Waals surface area contributed by atoms with E-state index in [-0.39, 0.29) is 11.8 Å². The first-order chi connectivity index (χ1) is 8.58. The van der Waals surface area contributed by atoms with Gasteiger partial charge in [-0.25, -0.2) is 0 Å². The summed E-state index contributed by atoms with van der Waals surface area (Å²) in [4.78, 5) is 28.4. The maximum absolute atomic E-state index is 11.4. The number of pyridine rings is 1. The number of likely N-dealkylation sites (tertiary alicyclic amines) is 1. The van der Waals surface area contributed by atoms with Crippen molar-refractivity contribution < 1.29 is 9.59 Å². The molecular formula is C13H17N3O2. The van der Waals surface area contributed by atoms with E-state index in [2.05, 4.69) is 4.98 Å². The van der Waals surface area contributed by atoms with E-state index in [0.29, 0.717) is 12.1 Å². The van der Waals surface area contributed by atoms with Gasteiger partial charge in [0.05, 0.1) is 5.56 Å². The summed E-state index contributed by atoms with van der Waals surface area (Å²) in [6.07, 6.45) is 3.51. The lowest BCUT2D eigenvalue weighted by Crippen LogP contribution is -2.37. The summed E-state index contributed by atoms with van der Waals surface area (Å²) in [7, 11) is 0. The summed E-state index contributed by atoms with van der Waals surface area (Å²) < 4.78 is 0. The average molecular weight is 247 g/mol. The lowest BCUT2D eigenvalue weighted by atomic mass is 9.94. The zero-order valence-electron chi connectivity index (χ0n) is 10.4. The third kappa shape index (κ3) is 2.67. The molecule has 1 atom stereocenters. The van der Waals surface area contributed by atoms with Crippen molar-refractivity contribution in [1.29, 1.82) is 0 Å². The van der Waals surface area contributed by atoms with Crippen LogP contribution in [0.1, 0.15) is 41.7 Å². The van der Waals surface area contributed by atoms with Crippen molar-refractivity contribution in [3.05, 3.63) is 29.6 Å². The summed E-state index contributed by atoms with van der Waals surface area (Å²) in [5.41, 5.74) is 6.51. The van der Waals surface area contributed by atoms with Gasteiger partial charge in [0, 0.05) is 37.8 Å². The van der Waals surface area contributed by atoms with Gasteiger partial charge in [0.25, 0.3) is 0 Å². The topological polar surface area (TPSA) is 76.3 Å². The van der Waals surface area contributed by atoms with Crippen LogP contribution in [0.2, 0.25) is 0 Å². The third-order valence-corrected chi connectivity index (χ3v) is 3.36. The molecule has 0 aromatic carbocycles. The predicted octanol–water partition coefficient (Wildman–Crippen LogP) is 0.906. The number of piperidine rings is 1. The van der Waals surface area contributed by atoms with Crippen LogP contribution in [-0.2, 0) is 4.79 Å². The van der Waals surface area contributed by atoms with Crippen molar-refractivity contribution in [2.45, 2.75) is 25.7 Å². The Hall–Kier alpha value is -1.91. The first-order valence-corrected chi connectivity index (χ1v) is 6.09. The molecule has 1 fully saturated rings. The van der Waals surface area contributed by atoms with Gasteiger partial charge in [-0.15, -0.1) is 0 Å². The quantitative estimate of drug-likeness (QED) is 0.843. The molecule has 1 saturated heterocycles. The number of hydrogen-bond acceptors (Lipinski definition) is 3. The van der Waals surface area contributed by atoms with Crippen molar-refractivity contribution in [2.24, 2.45) is 5.73 Å². The number of carbonyl (C=O) groups is 2. The predicted molar refractivity (Wildman–Crippen MR) is 67.0 cm³/mol. The van der Waals surface area contributed by atoms with Gasteiger partial charge in [-0.05, 0) is 25.0 Å². The number of amides is 2. The fraction of sp³-hybridized carbons (Fsp3) is 0.462. The van der Waals surface area contributed by atoms with Gasteiger partial charge in [-0.2, -0.15) is 0 Å². The smallest absolute Gasteiger partial charge is 0.250 e. The Labute approximate surface area is 106 Å². The van der Waals surface area contributed by atoms with Crippen LogP contribution in [0.15, 0.2) is 18.3 Å². The molecule has 0 bridgehead atoms. The molecule has 1 unspecified atom stereocenters. The van der Waals surface area contributed by atoms with Crippen molar-refractivity contribution in [3.63, 3.8) is 0 Å².